The SMILES string of the molecule is COc1ccc2c(OCc3nnc4c(F)cc(-c5cc(C)cs5)cn34)ccnc2c1. The van der Waals surface area contributed by atoms with E-state index >= 15 is 0 Å². The smallest absolute Gasteiger partial charge is 0.197 e. The second kappa shape index (κ2) is 7.38. The minimum absolute atomic E-state index is 0.138. The van der Waals surface area contributed by atoms with Gasteiger partial charge in [0.1, 0.15) is 18.1 Å². The summed E-state index contributed by atoms with van der Waals surface area (Å²) in [4.78, 5) is 5.35. The van der Waals surface area contributed by atoms with Gasteiger partial charge in [-0.15, -0.1) is 21.5 Å². The Balaban J connectivity index is 1.49. The zero-order valence-electron chi connectivity index (χ0n) is 16.3. The maximum atomic E-state index is 14.6. The highest BCUT2D eigenvalue weighted by atomic mass is 32.1. The molecule has 0 unspecified atom stereocenters. The van der Waals surface area contributed by atoms with Crippen molar-refractivity contribution in [3.8, 4) is 21.9 Å². The number of aryl methyl sites for hydroxylation is 1. The summed E-state index contributed by atoms with van der Waals surface area (Å²) in [6.45, 7) is 2.15. The van der Waals surface area contributed by atoms with E-state index < -0.39 is 5.82 Å². The van der Waals surface area contributed by atoms with Crippen molar-refractivity contribution in [1.29, 1.82) is 0 Å². The number of nitrogens with zero attached hydrogens (tertiary/aromatic N) is 4. The van der Waals surface area contributed by atoms with Crippen molar-refractivity contribution >= 4 is 27.9 Å². The Morgan fingerprint density at radius 3 is 2.83 bits per heavy atom. The van der Waals surface area contributed by atoms with Crippen LogP contribution in [0.2, 0.25) is 0 Å². The number of aromatic nitrogens is 4. The van der Waals surface area contributed by atoms with Gasteiger partial charge in [0.15, 0.2) is 17.3 Å². The van der Waals surface area contributed by atoms with Crippen LogP contribution in [0.5, 0.6) is 11.5 Å². The highest BCUT2D eigenvalue weighted by molar-refractivity contribution is 7.13. The van der Waals surface area contributed by atoms with Crippen LogP contribution < -0.4 is 9.47 Å². The maximum absolute atomic E-state index is 14.6. The van der Waals surface area contributed by atoms with Gasteiger partial charge >= 0.3 is 0 Å². The van der Waals surface area contributed by atoms with Gasteiger partial charge in [-0.25, -0.2) is 4.39 Å². The summed E-state index contributed by atoms with van der Waals surface area (Å²) in [6.07, 6.45) is 3.52. The van der Waals surface area contributed by atoms with Crippen molar-refractivity contribution in [3.63, 3.8) is 0 Å². The maximum Gasteiger partial charge on any atom is 0.197 e. The number of hydrogen-bond acceptors (Lipinski definition) is 6. The zero-order valence-corrected chi connectivity index (χ0v) is 17.1. The highest BCUT2D eigenvalue weighted by Gasteiger charge is 2.14. The number of methoxy groups -OCH3 is 1. The zero-order chi connectivity index (χ0) is 20.7. The molecule has 4 aromatic heterocycles. The lowest BCUT2D eigenvalue weighted by Gasteiger charge is -2.09. The van der Waals surface area contributed by atoms with E-state index in [0.717, 1.165) is 32.7 Å². The number of pyridine rings is 2. The molecule has 8 heteroatoms. The molecule has 6 nitrogen and oxygen atoms in total. The first-order valence-electron chi connectivity index (χ1n) is 9.26. The first-order valence-corrected chi connectivity index (χ1v) is 10.1. The fraction of sp³-hybridized carbons (Fsp3) is 0.136. The molecule has 1 aromatic carbocycles. The minimum Gasteiger partial charge on any atom is -0.497 e. The van der Waals surface area contributed by atoms with Crippen molar-refractivity contribution in [3.05, 3.63) is 71.4 Å². The largest absolute Gasteiger partial charge is 0.497 e. The summed E-state index contributed by atoms with van der Waals surface area (Å²) in [5.74, 6) is 1.48. The van der Waals surface area contributed by atoms with Gasteiger partial charge in [0.25, 0.3) is 0 Å². The van der Waals surface area contributed by atoms with Crippen LogP contribution >= 0.6 is 11.3 Å². The molecule has 0 saturated carbocycles. The summed E-state index contributed by atoms with van der Waals surface area (Å²) in [7, 11) is 1.61. The molecular formula is C22H17FN4O2S. The van der Waals surface area contributed by atoms with Crippen LogP contribution in [0, 0.1) is 12.7 Å². The van der Waals surface area contributed by atoms with Crippen LogP contribution in [-0.4, -0.2) is 26.7 Å². The Hall–Kier alpha value is -3.52. The van der Waals surface area contributed by atoms with Gasteiger partial charge in [-0.05, 0) is 48.2 Å². The molecule has 5 aromatic rings. The minimum atomic E-state index is -0.418. The first kappa shape index (κ1) is 18.5. The quantitative estimate of drug-likeness (QED) is 0.399. The lowest BCUT2D eigenvalue weighted by molar-refractivity contribution is 0.298. The van der Waals surface area contributed by atoms with Crippen molar-refractivity contribution in [1.82, 2.24) is 19.6 Å². The van der Waals surface area contributed by atoms with E-state index in [4.69, 9.17) is 9.47 Å². The van der Waals surface area contributed by atoms with Crippen molar-refractivity contribution in [2.24, 2.45) is 0 Å². The van der Waals surface area contributed by atoms with E-state index in [1.165, 1.54) is 6.07 Å². The molecular weight excluding hydrogens is 403 g/mol. The van der Waals surface area contributed by atoms with Crippen LogP contribution in [0.3, 0.4) is 0 Å². The number of halogens is 1. The van der Waals surface area contributed by atoms with Crippen molar-refractivity contribution in [2.45, 2.75) is 13.5 Å². The molecule has 0 saturated heterocycles. The molecule has 0 bridgehead atoms. The van der Waals surface area contributed by atoms with Gasteiger partial charge in [-0.2, -0.15) is 0 Å². The molecule has 0 spiro atoms. The third-order valence-corrected chi connectivity index (χ3v) is 5.91. The Labute approximate surface area is 175 Å². The fourth-order valence-electron chi connectivity index (χ4n) is 3.31. The Bertz CT molecular complexity index is 1380. The second-order valence-corrected chi connectivity index (χ2v) is 7.77. The number of benzene rings is 1. The van der Waals surface area contributed by atoms with Crippen LogP contribution in [0.1, 0.15) is 11.4 Å². The van der Waals surface area contributed by atoms with Gasteiger partial charge in [0.2, 0.25) is 0 Å². The molecule has 0 radical (unpaired) electrons. The van der Waals surface area contributed by atoms with Gasteiger partial charge in [-0.3, -0.25) is 9.38 Å². The number of ether oxygens (including phenoxy) is 2. The molecule has 0 amide bonds. The van der Waals surface area contributed by atoms with Gasteiger partial charge in [0, 0.05) is 34.3 Å². The lowest BCUT2D eigenvalue weighted by Crippen LogP contribution is -2.03. The van der Waals surface area contributed by atoms with E-state index in [2.05, 4.69) is 15.2 Å². The van der Waals surface area contributed by atoms with Gasteiger partial charge < -0.3 is 9.47 Å². The van der Waals surface area contributed by atoms with Crippen LogP contribution in [-0.2, 0) is 6.61 Å². The standard InChI is InChI=1S/C22H17FN4O2S/c1-13-7-20(30-12-13)14-8-17(23)22-26-25-21(27(22)10-14)11-29-19-5-6-24-18-9-15(28-2)3-4-16(18)19/h3-10,12H,11H2,1-2H3. The van der Waals surface area contributed by atoms with E-state index in [9.17, 15) is 4.39 Å². The first-order chi connectivity index (χ1) is 14.6. The highest BCUT2D eigenvalue weighted by Crippen LogP contribution is 2.30. The molecule has 30 heavy (non-hydrogen) atoms. The number of rotatable bonds is 5. The molecule has 150 valence electrons. The average molecular weight is 420 g/mol. The topological polar surface area (TPSA) is 61.5 Å². The van der Waals surface area contributed by atoms with E-state index in [0.29, 0.717) is 11.6 Å². The third-order valence-electron chi connectivity index (χ3n) is 4.81. The monoisotopic (exact) mass is 420 g/mol. The Morgan fingerprint density at radius 2 is 2.03 bits per heavy atom. The molecule has 0 aliphatic rings. The van der Waals surface area contributed by atoms with Crippen LogP contribution in [0.15, 0.2) is 54.2 Å². The van der Waals surface area contributed by atoms with Crippen molar-refractivity contribution in [2.75, 3.05) is 7.11 Å². The molecule has 0 aliphatic carbocycles. The van der Waals surface area contributed by atoms with E-state index in [-0.39, 0.29) is 12.3 Å². The summed E-state index contributed by atoms with van der Waals surface area (Å²) in [5.41, 5.74) is 2.86. The summed E-state index contributed by atoms with van der Waals surface area (Å²) in [6, 6.07) is 10.9. The van der Waals surface area contributed by atoms with Gasteiger partial charge in [-0.1, -0.05) is 0 Å². The summed E-state index contributed by atoms with van der Waals surface area (Å²) >= 11 is 1.57. The third kappa shape index (κ3) is 3.25. The Kier molecular flexibility index (Phi) is 4.55. The van der Waals surface area contributed by atoms with Crippen LogP contribution in [0.4, 0.5) is 4.39 Å². The second-order valence-electron chi connectivity index (χ2n) is 6.86. The summed E-state index contributed by atoms with van der Waals surface area (Å²) in [5, 5.41) is 11.0. The fourth-order valence-corrected chi connectivity index (χ4v) is 4.19. The van der Waals surface area contributed by atoms with E-state index in [1.54, 1.807) is 35.1 Å². The molecule has 4 heterocycles. The molecule has 0 N–H and O–H groups in total. The predicted molar refractivity (Wildman–Crippen MR) is 114 cm³/mol. The molecule has 0 aliphatic heterocycles. The number of fused-ring (bicyclic) bond motifs is 2. The van der Waals surface area contributed by atoms with Gasteiger partial charge in [0.05, 0.1) is 12.6 Å². The summed E-state index contributed by atoms with van der Waals surface area (Å²) < 4.78 is 27.5. The van der Waals surface area contributed by atoms with E-state index in [1.807, 2.05) is 42.8 Å². The molecule has 0 atom stereocenters. The lowest BCUT2D eigenvalue weighted by atomic mass is 10.2. The Morgan fingerprint density at radius 1 is 1.13 bits per heavy atom. The normalized spacial score (nSPS) is 11.3. The number of hydrogen-bond donors (Lipinski definition) is 0. The van der Waals surface area contributed by atoms with Crippen molar-refractivity contribution < 1.29 is 13.9 Å². The predicted octanol–water partition coefficient (Wildman–Crippen LogP) is 5.04. The molecule has 5 rings (SSSR count). The average Bonchev–Trinajstić information content (AvgIpc) is 3.38. The number of thiophene rings is 1. The molecule has 0 fully saturated rings. The van der Waals surface area contributed by atoms with Crippen LogP contribution in [0.25, 0.3) is 27.0 Å².